The molecule has 56 valence electrons. The standard InChI is InChI=1S/C6H17NOSi/c1-7(6-8-2)9(3,4)5/h6H2,1-5H3. The van der Waals surface area contributed by atoms with Crippen molar-refractivity contribution >= 4 is 8.24 Å². The number of rotatable bonds is 3. The molecule has 0 aromatic carbocycles. The zero-order valence-electron chi connectivity index (χ0n) is 7.06. The van der Waals surface area contributed by atoms with Gasteiger partial charge in [0.1, 0.15) is 8.24 Å². The molecule has 0 aromatic rings. The molecule has 0 saturated heterocycles. The van der Waals surface area contributed by atoms with Crippen LogP contribution in [0.5, 0.6) is 0 Å². The second-order valence-electron chi connectivity index (χ2n) is 3.29. The SMILES string of the molecule is COCN(C)[Si](C)(C)C. The lowest BCUT2D eigenvalue weighted by atomic mass is 11.1. The molecule has 0 aliphatic rings. The molecule has 0 aromatic heterocycles. The molecular weight excluding hydrogens is 130 g/mol. The van der Waals surface area contributed by atoms with Gasteiger partial charge in [0.2, 0.25) is 0 Å². The Balaban J connectivity index is 3.59. The first-order valence-corrected chi connectivity index (χ1v) is 6.63. The normalized spacial score (nSPS) is 12.7. The Morgan fingerprint density at radius 1 is 1.33 bits per heavy atom. The highest BCUT2D eigenvalue weighted by molar-refractivity contribution is 6.73. The number of methoxy groups -OCH3 is 1. The van der Waals surface area contributed by atoms with Crippen LogP contribution < -0.4 is 0 Å². The summed E-state index contributed by atoms with van der Waals surface area (Å²) < 4.78 is 7.28. The lowest BCUT2D eigenvalue weighted by molar-refractivity contribution is 0.126. The van der Waals surface area contributed by atoms with Crippen LogP contribution in [0.4, 0.5) is 0 Å². The molecule has 0 N–H and O–H groups in total. The van der Waals surface area contributed by atoms with E-state index in [1.165, 1.54) is 0 Å². The van der Waals surface area contributed by atoms with Crippen LogP contribution in [0.2, 0.25) is 19.6 Å². The molecule has 9 heavy (non-hydrogen) atoms. The Bertz CT molecular complexity index is 79.6. The average molecular weight is 147 g/mol. The van der Waals surface area contributed by atoms with Crippen LogP contribution in [0.3, 0.4) is 0 Å². The first kappa shape index (κ1) is 9.14. The zero-order chi connectivity index (χ0) is 7.49. The molecule has 0 atom stereocenters. The van der Waals surface area contributed by atoms with E-state index in [0.717, 1.165) is 6.73 Å². The van der Waals surface area contributed by atoms with Gasteiger partial charge in [-0.05, 0) is 7.05 Å². The van der Waals surface area contributed by atoms with Gasteiger partial charge in [-0.1, -0.05) is 19.6 Å². The largest absolute Gasteiger partial charge is 0.370 e. The van der Waals surface area contributed by atoms with E-state index in [1.807, 2.05) is 0 Å². The highest BCUT2D eigenvalue weighted by atomic mass is 28.3. The van der Waals surface area contributed by atoms with Gasteiger partial charge in [0.05, 0.1) is 6.73 Å². The van der Waals surface area contributed by atoms with Gasteiger partial charge in [-0.2, -0.15) is 0 Å². The van der Waals surface area contributed by atoms with Crippen molar-refractivity contribution in [2.45, 2.75) is 19.6 Å². The van der Waals surface area contributed by atoms with Crippen molar-refractivity contribution in [2.24, 2.45) is 0 Å². The van der Waals surface area contributed by atoms with Crippen LogP contribution in [-0.2, 0) is 4.74 Å². The van der Waals surface area contributed by atoms with Crippen LogP contribution in [0.25, 0.3) is 0 Å². The molecule has 0 heterocycles. The number of nitrogens with zero attached hydrogens (tertiary/aromatic N) is 1. The summed E-state index contributed by atoms with van der Waals surface area (Å²) in [6.45, 7) is 7.65. The summed E-state index contributed by atoms with van der Waals surface area (Å²) in [7, 11) is 2.77. The van der Waals surface area contributed by atoms with Crippen LogP contribution in [0.15, 0.2) is 0 Å². The van der Waals surface area contributed by atoms with E-state index in [0.29, 0.717) is 0 Å². The minimum atomic E-state index is -1.07. The Hall–Kier alpha value is 0.137. The fourth-order valence-corrected chi connectivity index (χ4v) is 0.904. The summed E-state index contributed by atoms with van der Waals surface area (Å²) in [5.74, 6) is 0. The molecule has 0 bridgehead atoms. The summed E-state index contributed by atoms with van der Waals surface area (Å²) in [6, 6.07) is 0. The van der Waals surface area contributed by atoms with Crippen molar-refractivity contribution in [2.75, 3.05) is 20.9 Å². The lowest BCUT2D eigenvalue weighted by Crippen LogP contribution is -2.43. The van der Waals surface area contributed by atoms with Gasteiger partial charge < -0.3 is 9.30 Å². The molecule has 0 amide bonds. The molecule has 0 aliphatic carbocycles. The molecule has 0 aliphatic heterocycles. The van der Waals surface area contributed by atoms with E-state index >= 15 is 0 Å². The maximum absolute atomic E-state index is 4.99. The summed E-state index contributed by atoms with van der Waals surface area (Å²) in [6.07, 6.45) is 0. The molecule has 0 spiro atoms. The highest BCUT2D eigenvalue weighted by Gasteiger charge is 2.18. The van der Waals surface area contributed by atoms with Crippen LogP contribution in [0.1, 0.15) is 0 Å². The summed E-state index contributed by atoms with van der Waals surface area (Å²) >= 11 is 0. The van der Waals surface area contributed by atoms with Crippen molar-refractivity contribution in [3.63, 3.8) is 0 Å². The van der Waals surface area contributed by atoms with Gasteiger partial charge in [0.25, 0.3) is 0 Å². The summed E-state index contributed by atoms with van der Waals surface area (Å²) in [4.78, 5) is 0. The van der Waals surface area contributed by atoms with E-state index in [9.17, 15) is 0 Å². The predicted molar refractivity (Wildman–Crippen MR) is 43.0 cm³/mol. The number of ether oxygens (including phenoxy) is 1. The second kappa shape index (κ2) is 3.34. The Morgan fingerprint density at radius 2 is 1.78 bits per heavy atom. The van der Waals surface area contributed by atoms with Crippen molar-refractivity contribution in [3.8, 4) is 0 Å². The number of hydrogen-bond donors (Lipinski definition) is 0. The van der Waals surface area contributed by atoms with Crippen LogP contribution in [0, 0.1) is 0 Å². The van der Waals surface area contributed by atoms with Crippen molar-refractivity contribution in [1.29, 1.82) is 0 Å². The maximum atomic E-state index is 4.99. The van der Waals surface area contributed by atoms with Gasteiger partial charge in [0, 0.05) is 7.11 Å². The minimum absolute atomic E-state index is 0.760. The average Bonchev–Trinajstić information content (AvgIpc) is 1.64. The lowest BCUT2D eigenvalue weighted by Gasteiger charge is -2.28. The summed E-state index contributed by atoms with van der Waals surface area (Å²) in [5.41, 5.74) is 0. The third kappa shape index (κ3) is 3.67. The summed E-state index contributed by atoms with van der Waals surface area (Å²) in [5, 5.41) is 0. The van der Waals surface area contributed by atoms with E-state index in [-0.39, 0.29) is 0 Å². The monoisotopic (exact) mass is 147 g/mol. The highest BCUT2D eigenvalue weighted by Crippen LogP contribution is 2.04. The van der Waals surface area contributed by atoms with Gasteiger partial charge in [-0.25, -0.2) is 0 Å². The van der Waals surface area contributed by atoms with Crippen molar-refractivity contribution < 1.29 is 4.74 Å². The van der Waals surface area contributed by atoms with Crippen molar-refractivity contribution in [1.82, 2.24) is 4.57 Å². The molecule has 0 unspecified atom stereocenters. The minimum Gasteiger partial charge on any atom is -0.370 e. The zero-order valence-corrected chi connectivity index (χ0v) is 8.06. The maximum Gasteiger partial charge on any atom is 0.121 e. The molecule has 0 saturated carbocycles. The second-order valence-corrected chi connectivity index (χ2v) is 8.39. The van der Waals surface area contributed by atoms with Gasteiger partial charge in [-0.15, -0.1) is 0 Å². The number of hydrogen-bond acceptors (Lipinski definition) is 2. The quantitative estimate of drug-likeness (QED) is 0.441. The van der Waals surface area contributed by atoms with E-state index in [1.54, 1.807) is 7.11 Å². The van der Waals surface area contributed by atoms with E-state index in [2.05, 4.69) is 31.3 Å². The molecule has 0 rings (SSSR count). The molecule has 2 nitrogen and oxygen atoms in total. The molecule has 0 fully saturated rings. The fraction of sp³-hybridized carbons (Fsp3) is 1.00. The van der Waals surface area contributed by atoms with Gasteiger partial charge in [0.15, 0.2) is 0 Å². The Morgan fingerprint density at radius 3 is 1.89 bits per heavy atom. The first-order valence-electron chi connectivity index (χ1n) is 3.18. The van der Waals surface area contributed by atoms with Gasteiger partial charge in [-0.3, -0.25) is 0 Å². The van der Waals surface area contributed by atoms with Crippen molar-refractivity contribution in [3.05, 3.63) is 0 Å². The fourth-order valence-electron chi connectivity index (χ4n) is 0.387. The molecule has 3 heteroatoms. The first-order chi connectivity index (χ1) is 3.98. The topological polar surface area (TPSA) is 12.5 Å². The van der Waals surface area contributed by atoms with Crippen LogP contribution >= 0.6 is 0 Å². The third-order valence-corrected chi connectivity index (χ3v) is 3.89. The van der Waals surface area contributed by atoms with E-state index < -0.39 is 8.24 Å². The molecule has 0 radical (unpaired) electrons. The Kier molecular flexibility index (Phi) is 3.39. The van der Waals surface area contributed by atoms with E-state index in [4.69, 9.17) is 4.74 Å². The Labute approximate surface area is 58.9 Å². The molecular formula is C6H17NOSi. The predicted octanol–water partition coefficient (Wildman–Crippen LogP) is 1.36. The smallest absolute Gasteiger partial charge is 0.121 e. The van der Waals surface area contributed by atoms with Crippen LogP contribution in [-0.4, -0.2) is 33.7 Å². The third-order valence-electron chi connectivity index (χ3n) is 1.47. The van der Waals surface area contributed by atoms with Gasteiger partial charge >= 0.3 is 0 Å².